The average molecular weight is 381 g/mol. The Kier molecular flexibility index (Phi) is 6.62. The van der Waals surface area contributed by atoms with Gasteiger partial charge in [0, 0.05) is 18.3 Å². The summed E-state index contributed by atoms with van der Waals surface area (Å²) in [5, 5.41) is 11.0. The molecule has 2 aromatic carbocycles. The molecule has 28 heavy (non-hydrogen) atoms. The fourth-order valence-electron chi connectivity index (χ4n) is 2.64. The molecule has 0 radical (unpaired) electrons. The molecule has 1 heterocycles. The molecule has 0 aliphatic heterocycles. The Hall–Kier alpha value is -3.35. The van der Waals surface area contributed by atoms with Crippen LogP contribution >= 0.6 is 0 Å². The summed E-state index contributed by atoms with van der Waals surface area (Å²) in [4.78, 5) is 4.45. The molecule has 0 saturated carbocycles. The highest BCUT2D eigenvalue weighted by molar-refractivity contribution is 5.79. The lowest BCUT2D eigenvalue weighted by atomic mass is 10.2. The highest BCUT2D eigenvalue weighted by atomic mass is 19.1. The highest BCUT2D eigenvalue weighted by Crippen LogP contribution is 2.14. The van der Waals surface area contributed by atoms with E-state index in [1.807, 2.05) is 43.5 Å². The molecule has 0 spiro atoms. The van der Waals surface area contributed by atoms with Gasteiger partial charge in [-0.3, -0.25) is 0 Å². The van der Waals surface area contributed by atoms with Gasteiger partial charge in [-0.25, -0.2) is 14.1 Å². The van der Waals surface area contributed by atoms with E-state index in [9.17, 15) is 4.39 Å². The molecule has 0 atom stereocenters. The SMILES string of the molecule is CCNC(=NCc1ccccc1F)NCc1ccn(-c2ccc(OC)cc2)n1. The lowest BCUT2D eigenvalue weighted by Gasteiger charge is -2.10. The Labute approximate surface area is 164 Å². The number of aromatic nitrogens is 2. The van der Waals surface area contributed by atoms with Gasteiger partial charge in [0.1, 0.15) is 11.6 Å². The molecule has 0 unspecified atom stereocenters. The van der Waals surface area contributed by atoms with E-state index in [0.29, 0.717) is 24.6 Å². The number of methoxy groups -OCH3 is 1. The maximum Gasteiger partial charge on any atom is 0.191 e. The molecule has 7 heteroatoms. The van der Waals surface area contributed by atoms with Gasteiger partial charge in [-0.1, -0.05) is 18.2 Å². The Balaban J connectivity index is 1.63. The summed E-state index contributed by atoms with van der Waals surface area (Å²) in [5.74, 6) is 1.17. The predicted octanol–water partition coefficient (Wildman–Crippen LogP) is 3.28. The van der Waals surface area contributed by atoms with Crippen LogP contribution in [-0.2, 0) is 13.1 Å². The van der Waals surface area contributed by atoms with Gasteiger partial charge in [0.15, 0.2) is 5.96 Å². The van der Waals surface area contributed by atoms with Crippen molar-refractivity contribution in [2.24, 2.45) is 4.99 Å². The van der Waals surface area contributed by atoms with Crippen molar-refractivity contribution in [3.63, 3.8) is 0 Å². The van der Waals surface area contributed by atoms with E-state index in [-0.39, 0.29) is 12.4 Å². The minimum absolute atomic E-state index is 0.250. The third-order valence-corrected chi connectivity index (χ3v) is 4.13. The molecule has 0 aliphatic rings. The van der Waals surface area contributed by atoms with Crippen molar-refractivity contribution >= 4 is 5.96 Å². The van der Waals surface area contributed by atoms with E-state index in [1.165, 1.54) is 6.07 Å². The van der Waals surface area contributed by atoms with Crippen LogP contribution in [0.1, 0.15) is 18.2 Å². The van der Waals surface area contributed by atoms with Gasteiger partial charge in [0.05, 0.1) is 31.6 Å². The summed E-state index contributed by atoms with van der Waals surface area (Å²) in [7, 11) is 1.64. The van der Waals surface area contributed by atoms with Crippen molar-refractivity contribution in [3.05, 3.63) is 77.9 Å². The van der Waals surface area contributed by atoms with Crippen LogP contribution in [0, 0.1) is 5.82 Å². The van der Waals surface area contributed by atoms with Crippen LogP contribution in [0.25, 0.3) is 5.69 Å². The summed E-state index contributed by atoms with van der Waals surface area (Å²) in [6.07, 6.45) is 1.90. The van der Waals surface area contributed by atoms with Crippen LogP contribution in [0.5, 0.6) is 5.75 Å². The Morgan fingerprint density at radius 3 is 2.61 bits per heavy atom. The lowest BCUT2D eigenvalue weighted by Crippen LogP contribution is -2.36. The number of benzene rings is 2. The van der Waals surface area contributed by atoms with E-state index in [1.54, 1.807) is 30.0 Å². The average Bonchev–Trinajstić information content (AvgIpc) is 3.20. The van der Waals surface area contributed by atoms with Crippen molar-refractivity contribution in [2.75, 3.05) is 13.7 Å². The maximum absolute atomic E-state index is 13.8. The van der Waals surface area contributed by atoms with Crippen molar-refractivity contribution in [1.82, 2.24) is 20.4 Å². The van der Waals surface area contributed by atoms with E-state index < -0.39 is 0 Å². The number of aliphatic imine (C=N–C) groups is 1. The zero-order valence-electron chi connectivity index (χ0n) is 16.0. The van der Waals surface area contributed by atoms with Gasteiger partial charge < -0.3 is 15.4 Å². The summed E-state index contributed by atoms with van der Waals surface area (Å²) < 4.78 is 20.7. The second-order valence-electron chi connectivity index (χ2n) is 6.09. The van der Waals surface area contributed by atoms with Crippen molar-refractivity contribution < 1.29 is 9.13 Å². The topological polar surface area (TPSA) is 63.5 Å². The number of nitrogens with one attached hydrogen (secondary N) is 2. The van der Waals surface area contributed by atoms with E-state index in [0.717, 1.165) is 17.1 Å². The summed E-state index contributed by atoms with van der Waals surface area (Å²) in [6.45, 7) is 3.47. The molecule has 146 valence electrons. The summed E-state index contributed by atoms with van der Waals surface area (Å²) in [5.41, 5.74) is 2.38. The Morgan fingerprint density at radius 2 is 1.89 bits per heavy atom. The smallest absolute Gasteiger partial charge is 0.191 e. The summed E-state index contributed by atoms with van der Waals surface area (Å²) >= 11 is 0. The molecule has 0 fully saturated rings. The number of rotatable bonds is 7. The molecule has 2 N–H and O–H groups in total. The zero-order valence-corrected chi connectivity index (χ0v) is 16.0. The molecular formula is C21H24FN5O. The van der Waals surface area contributed by atoms with E-state index >= 15 is 0 Å². The van der Waals surface area contributed by atoms with Crippen LogP contribution in [0.3, 0.4) is 0 Å². The van der Waals surface area contributed by atoms with Crippen LogP contribution < -0.4 is 15.4 Å². The first-order valence-electron chi connectivity index (χ1n) is 9.14. The monoisotopic (exact) mass is 381 g/mol. The third-order valence-electron chi connectivity index (χ3n) is 4.13. The number of hydrogen-bond donors (Lipinski definition) is 2. The number of halogens is 1. The molecule has 0 amide bonds. The fraction of sp³-hybridized carbons (Fsp3) is 0.238. The zero-order chi connectivity index (χ0) is 19.8. The molecule has 3 rings (SSSR count). The number of guanidine groups is 1. The van der Waals surface area contributed by atoms with Gasteiger partial charge in [-0.05, 0) is 43.3 Å². The first-order valence-corrected chi connectivity index (χ1v) is 9.14. The van der Waals surface area contributed by atoms with Gasteiger partial charge in [0.2, 0.25) is 0 Å². The first-order chi connectivity index (χ1) is 13.7. The number of nitrogens with zero attached hydrogens (tertiary/aromatic N) is 3. The summed E-state index contributed by atoms with van der Waals surface area (Å²) in [6, 6.07) is 16.3. The van der Waals surface area contributed by atoms with Crippen LogP contribution in [0.2, 0.25) is 0 Å². The van der Waals surface area contributed by atoms with Gasteiger partial charge in [-0.15, -0.1) is 0 Å². The molecule has 0 bridgehead atoms. The van der Waals surface area contributed by atoms with Crippen molar-refractivity contribution in [2.45, 2.75) is 20.0 Å². The Morgan fingerprint density at radius 1 is 1.11 bits per heavy atom. The van der Waals surface area contributed by atoms with Crippen LogP contribution in [-0.4, -0.2) is 29.4 Å². The third kappa shape index (κ3) is 5.09. The van der Waals surface area contributed by atoms with E-state index in [4.69, 9.17) is 4.74 Å². The second-order valence-corrected chi connectivity index (χ2v) is 6.09. The first kappa shape index (κ1) is 19.4. The van der Waals surface area contributed by atoms with Gasteiger partial charge in [-0.2, -0.15) is 5.10 Å². The number of hydrogen-bond acceptors (Lipinski definition) is 3. The minimum Gasteiger partial charge on any atom is -0.497 e. The van der Waals surface area contributed by atoms with Crippen molar-refractivity contribution in [3.8, 4) is 11.4 Å². The fourth-order valence-corrected chi connectivity index (χ4v) is 2.64. The minimum atomic E-state index is -0.250. The van der Waals surface area contributed by atoms with Gasteiger partial charge >= 0.3 is 0 Å². The largest absolute Gasteiger partial charge is 0.497 e. The molecule has 3 aromatic rings. The standard InChI is InChI=1S/C21H24FN5O/c1-3-23-21(24-14-16-6-4-5-7-20(16)22)25-15-17-12-13-27(26-17)18-8-10-19(28-2)11-9-18/h4-13H,3,14-15H2,1-2H3,(H2,23,24,25). The molecule has 0 saturated heterocycles. The van der Waals surface area contributed by atoms with Crippen molar-refractivity contribution in [1.29, 1.82) is 0 Å². The quantitative estimate of drug-likeness (QED) is 0.487. The molecule has 0 aliphatic carbocycles. The van der Waals surface area contributed by atoms with Crippen LogP contribution in [0.15, 0.2) is 65.8 Å². The maximum atomic E-state index is 13.8. The normalized spacial score (nSPS) is 11.3. The highest BCUT2D eigenvalue weighted by Gasteiger charge is 2.05. The van der Waals surface area contributed by atoms with E-state index in [2.05, 4.69) is 20.7 Å². The molecular weight excluding hydrogens is 357 g/mol. The molecule has 1 aromatic heterocycles. The van der Waals surface area contributed by atoms with Crippen LogP contribution in [0.4, 0.5) is 4.39 Å². The van der Waals surface area contributed by atoms with Gasteiger partial charge in [0.25, 0.3) is 0 Å². The predicted molar refractivity (Wildman–Crippen MR) is 108 cm³/mol. The molecule has 6 nitrogen and oxygen atoms in total. The Bertz CT molecular complexity index is 921. The second kappa shape index (κ2) is 9.55. The number of ether oxygens (including phenoxy) is 1. The lowest BCUT2D eigenvalue weighted by molar-refractivity contribution is 0.414.